The third kappa shape index (κ3) is 4.20. The summed E-state index contributed by atoms with van der Waals surface area (Å²) in [6.45, 7) is 3.43. The Labute approximate surface area is 215 Å². The fourth-order valence-electron chi connectivity index (χ4n) is 6.33. The number of carbonyl (C=O) groups is 1. The number of imidazole rings is 1. The van der Waals surface area contributed by atoms with Crippen molar-refractivity contribution in [3.8, 4) is 17.3 Å². The lowest BCUT2D eigenvalue weighted by Gasteiger charge is -2.39. The molecule has 8 nitrogen and oxygen atoms in total. The van der Waals surface area contributed by atoms with Crippen molar-refractivity contribution in [3.05, 3.63) is 35.2 Å². The fourth-order valence-corrected chi connectivity index (χ4v) is 6.51. The number of piperazine rings is 1. The van der Waals surface area contributed by atoms with E-state index in [1.807, 2.05) is 6.07 Å². The van der Waals surface area contributed by atoms with E-state index >= 15 is 0 Å². The molecule has 2 atom stereocenters. The minimum Gasteiger partial charge on any atom is -0.350 e. The molecule has 3 aliphatic rings. The average Bonchev–Trinajstić information content (AvgIpc) is 3.49. The number of nitrogens with zero attached hydrogens (tertiary/aromatic N) is 6. The fraction of sp³-hybridized carbons (Fsp3) is 0.519. The second kappa shape index (κ2) is 9.36. The Morgan fingerprint density at radius 2 is 1.97 bits per heavy atom. The molecule has 9 heteroatoms. The minimum atomic E-state index is 0.0401. The SMILES string of the molecule is CC1CCC(Cn2c(N3CC(=O)N[C@H]4CCC[C@@H]43)nc3cc(C#N)nc(-c4cncc(Cl)c4)c32)CC1. The van der Waals surface area contributed by atoms with Crippen LogP contribution in [0.25, 0.3) is 22.3 Å². The van der Waals surface area contributed by atoms with Gasteiger partial charge in [0.15, 0.2) is 0 Å². The number of rotatable bonds is 4. The number of anilines is 1. The molecule has 4 heterocycles. The van der Waals surface area contributed by atoms with Crippen LogP contribution in [0.1, 0.15) is 57.6 Å². The molecule has 0 unspecified atom stereocenters. The van der Waals surface area contributed by atoms with Gasteiger partial charge in [-0.25, -0.2) is 9.97 Å². The predicted molar refractivity (Wildman–Crippen MR) is 139 cm³/mol. The Kier molecular flexibility index (Phi) is 6.04. The molecule has 0 bridgehead atoms. The van der Waals surface area contributed by atoms with Gasteiger partial charge in [0.1, 0.15) is 18.3 Å². The van der Waals surface area contributed by atoms with Crippen LogP contribution in [0, 0.1) is 23.2 Å². The Bertz CT molecular complexity index is 1350. The van der Waals surface area contributed by atoms with Gasteiger partial charge in [0.2, 0.25) is 11.9 Å². The van der Waals surface area contributed by atoms with Crippen molar-refractivity contribution < 1.29 is 4.79 Å². The van der Waals surface area contributed by atoms with Crippen LogP contribution in [-0.4, -0.2) is 44.1 Å². The van der Waals surface area contributed by atoms with Crippen LogP contribution < -0.4 is 10.2 Å². The maximum absolute atomic E-state index is 12.7. The van der Waals surface area contributed by atoms with Crippen molar-refractivity contribution >= 4 is 34.5 Å². The standard InChI is InChI=1S/C27H30ClN7O/c1-16-5-7-17(8-6-16)14-35-26-22(10-20(11-29)31-25(26)18-9-19(28)13-30-12-18)33-27(35)34-15-24(36)32-21-3-2-4-23(21)34/h9-10,12-13,16-17,21,23H,2-8,14-15H2,1H3,(H,32,36)/t16?,17?,21-,23-/m0/s1. The van der Waals surface area contributed by atoms with Crippen LogP contribution in [-0.2, 0) is 11.3 Å². The van der Waals surface area contributed by atoms with Gasteiger partial charge in [-0.2, -0.15) is 5.26 Å². The first-order valence-corrected chi connectivity index (χ1v) is 13.4. The average molecular weight is 504 g/mol. The molecule has 1 saturated heterocycles. The number of fused-ring (bicyclic) bond motifs is 2. The molecular weight excluding hydrogens is 474 g/mol. The molecule has 3 aromatic heterocycles. The summed E-state index contributed by atoms with van der Waals surface area (Å²) in [5.74, 6) is 2.14. The van der Waals surface area contributed by atoms with Crippen molar-refractivity contribution in [2.45, 2.75) is 70.5 Å². The summed E-state index contributed by atoms with van der Waals surface area (Å²) in [6.07, 6.45) is 11.2. The normalized spacial score (nSPS) is 26.0. The summed E-state index contributed by atoms with van der Waals surface area (Å²) < 4.78 is 2.27. The summed E-state index contributed by atoms with van der Waals surface area (Å²) >= 11 is 6.30. The first-order valence-electron chi connectivity index (χ1n) is 13.0. The van der Waals surface area contributed by atoms with Gasteiger partial charge in [-0.05, 0) is 50.0 Å². The van der Waals surface area contributed by atoms with Crippen molar-refractivity contribution in [3.63, 3.8) is 0 Å². The predicted octanol–water partition coefficient (Wildman–Crippen LogP) is 4.70. The van der Waals surface area contributed by atoms with Gasteiger partial charge in [-0.15, -0.1) is 0 Å². The van der Waals surface area contributed by atoms with Crippen LogP contribution >= 0.6 is 11.6 Å². The van der Waals surface area contributed by atoms with Gasteiger partial charge in [0.25, 0.3) is 0 Å². The summed E-state index contributed by atoms with van der Waals surface area (Å²) in [4.78, 5) is 29.0. The van der Waals surface area contributed by atoms with E-state index in [1.165, 1.54) is 25.7 Å². The molecule has 3 fully saturated rings. The zero-order valence-electron chi connectivity index (χ0n) is 20.5. The van der Waals surface area contributed by atoms with Crippen LogP contribution in [0.5, 0.6) is 0 Å². The molecule has 0 radical (unpaired) electrons. The van der Waals surface area contributed by atoms with Gasteiger partial charge in [-0.3, -0.25) is 9.78 Å². The highest BCUT2D eigenvalue weighted by atomic mass is 35.5. The Morgan fingerprint density at radius 3 is 2.75 bits per heavy atom. The van der Waals surface area contributed by atoms with Crippen molar-refractivity contribution in [2.75, 3.05) is 11.4 Å². The smallest absolute Gasteiger partial charge is 0.239 e. The van der Waals surface area contributed by atoms with Gasteiger partial charge < -0.3 is 14.8 Å². The maximum atomic E-state index is 12.7. The molecule has 1 amide bonds. The number of carbonyl (C=O) groups excluding carboxylic acids is 1. The number of aromatic nitrogens is 4. The van der Waals surface area contributed by atoms with E-state index in [1.54, 1.807) is 18.5 Å². The first-order chi connectivity index (χ1) is 17.5. The van der Waals surface area contributed by atoms with E-state index in [-0.39, 0.29) is 18.0 Å². The molecule has 0 aromatic carbocycles. The second-order valence-electron chi connectivity index (χ2n) is 10.7. The second-order valence-corrected chi connectivity index (χ2v) is 11.1. The van der Waals surface area contributed by atoms with E-state index < -0.39 is 0 Å². The quantitative estimate of drug-likeness (QED) is 0.553. The van der Waals surface area contributed by atoms with E-state index in [4.69, 9.17) is 21.6 Å². The monoisotopic (exact) mass is 503 g/mol. The molecule has 6 rings (SSSR count). The van der Waals surface area contributed by atoms with Gasteiger partial charge in [0.05, 0.1) is 27.8 Å². The largest absolute Gasteiger partial charge is 0.350 e. The van der Waals surface area contributed by atoms with E-state index in [0.717, 1.165) is 54.3 Å². The number of nitriles is 1. The number of hydrogen-bond donors (Lipinski definition) is 1. The van der Waals surface area contributed by atoms with Crippen LogP contribution in [0.2, 0.25) is 5.02 Å². The highest BCUT2D eigenvalue weighted by molar-refractivity contribution is 6.30. The lowest BCUT2D eigenvalue weighted by atomic mass is 9.83. The molecule has 1 aliphatic heterocycles. The Balaban J connectivity index is 1.55. The number of pyridine rings is 2. The van der Waals surface area contributed by atoms with Crippen molar-refractivity contribution in [1.82, 2.24) is 24.8 Å². The summed E-state index contributed by atoms with van der Waals surface area (Å²) in [7, 11) is 0. The zero-order valence-corrected chi connectivity index (χ0v) is 21.2. The van der Waals surface area contributed by atoms with Crippen LogP contribution in [0.15, 0.2) is 24.5 Å². The molecule has 3 aromatic rings. The minimum absolute atomic E-state index is 0.0401. The first kappa shape index (κ1) is 23.2. The molecule has 1 N–H and O–H groups in total. The van der Waals surface area contributed by atoms with Crippen LogP contribution in [0.4, 0.5) is 5.95 Å². The summed E-state index contributed by atoms with van der Waals surface area (Å²) in [5, 5.41) is 13.4. The van der Waals surface area contributed by atoms with E-state index in [9.17, 15) is 10.1 Å². The number of amides is 1. The molecule has 0 spiro atoms. The number of hydrogen-bond acceptors (Lipinski definition) is 6. The lowest BCUT2D eigenvalue weighted by molar-refractivity contribution is -0.121. The summed E-state index contributed by atoms with van der Waals surface area (Å²) in [6, 6.07) is 6.16. The number of halogens is 1. The Morgan fingerprint density at radius 1 is 1.14 bits per heavy atom. The zero-order chi connectivity index (χ0) is 24.8. The number of nitrogens with one attached hydrogen (secondary N) is 1. The molecule has 186 valence electrons. The topological polar surface area (TPSA) is 99.7 Å². The van der Waals surface area contributed by atoms with Gasteiger partial charge in [0, 0.05) is 36.6 Å². The third-order valence-corrected chi connectivity index (χ3v) is 8.38. The third-order valence-electron chi connectivity index (χ3n) is 8.17. The molecule has 2 saturated carbocycles. The summed E-state index contributed by atoms with van der Waals surface area (Å²) in [5.41, 5.74) is 3.31. The Hall–Kier alpha value is -3.18. The highest BCUT2D eigenvalue weighted by Gasteiger charge is 2.40. The van der Waals surface area contributed by atoms with Crippen molar-refractivity contribution in [1.29, 1.82) is 5.26 Å². The molecule has 2 aliphatic carbocycles. The van der Waals surface area contributed by atoms with Crippen molar-refractivity contribution in [2.24, 2.45) is 11.8 Å². The molecular formula is C27H30ClN7O. The van der Waals surface area contributed by atoms with Gasteiger partial charge >= 0.3 is 0 Å². The van der Waals surface area contributed by atoms with E-state index in [2.05, 4.69) is 32.8 Å². The van der Waals surface area contributed by atoms with Crippen LogP contribution in [0.3, 0.4) is 0 Å². The lowest BCUT2D eigenvalue weighted by Crippen LogP contribution is -2.59. The van der Waals surface area contributed by atoms with E-state index in [0.29, 0.717) is 28.9 Å². The van der Waals surface area contributed by atoms with Gasteiger partial charge in [-0.1, -0.05) is 31.4 Å². The molecule has 36 heavy (non-hydrogen) atoms. The maximum Gasteiger partial charge on any atom is 0.239 e. The highest BCUT2D eigenvalue weighted by Crippen LogP contribution is 2.38.